The van der Waals surface area contributed by atoms with Crippen LogP contribution in [-0.4, -0.2) is 42.8 Å². The van der Waals surface area contributed by atoms with Crippen LogP contribution in [0.5, 0.6) is 0 Å². The van der Waals surface area contributed by atoms with Gasteiger partial charge in [-0.2, -0.15) is 16.8 Å². The van der Waals surface area contributed by atoms with E-state index in [4.69, 9.17) is 9.11 Å². The smallest absolute Gasteiger partial charge is 0.289 e. The molecule has 1 atom stereocenters. The largest absolute Gasteiger partial charge is 0.294 e. The predicted octanol–water partition coefficient (Wildman–Crippen LogP) is 0.825. The second-order valence-corrected chi connectivity index (χ2v) is 8.41. The summed E-state index contributed by atoms with van der Waals surface area (Å²) in [4.78, 5) is 24.4. The highest BCUT2D eigenvalue weighted by Crippen LogP contribution is 2.34. The highest BCUT2D eigenvalue weighted by molar-refractivity contribution is 7.86. The fourth-order valence-corrected chi connectivity index (χ4v) is 3.85. The summed E-state index contributed by atoms with van der Waals surface area (Å²) in [5, 5.41) is -1.36. The zero-order valence-corrected chi connectivity index (χ0v) is 13.5. The average Bonchev–Trinajstić information content (AvgIpc) is 2.49. The number of hydrogen-bond acceptors (Lipinski definition) is 6. The van der Waals surface area contributed by atoms with Gasteiger partial charge < -0.3 is 0 Å². The molecular formula is C14H10O8S2. The van der Waals surface area contributed by atoms with Crippen molar-refractivity contribution in [3.05, 3.63) is 52.6 Å². The van der Waals surface area contributed by atoms with Gasteiger partial charge in [-0.3, -0.25) is 18.7 Å². The summed E-state index contributed by atoms with van der Waals surface area (Å²) >= 11 is 0. The van der Waals surface area contributed by atoms with Crippen LogP contribution in [0.4, 0.5) is 0 Å². The Morgan fingerprint density at radius 1 is 0.958 bits per heavy atom. The highest BCUT2D eigenvalue weighted by Gasteiger charge is 2.37. The number of ketones is 2. The van der Waals surface area contributed by atoms with Crippen LogP contribution >= 0.6 is 0 Å². The van der Waals surface area contributed by atoms with Crippen molar-refractivity contribution in [2.24, 2.45) is 0 Å². The summed E-state index contributed by atoms with van der Waals surface area (Å²) in [7, 11) is -9.02. The van der Waals surface area contributed by atoms with E-state index in [9.17, 15) is 26.4 Å². The fraction of sp³-hybridized carbons (Fsp3) is 0.143. The molecule has 0 saturated carbocycles. The molecule has 0 saturated heterocycles. The maximum absolute atomic E-state index is 12.6. The molecule has 2 N–H and O–H groups in total. The van der Waals surface area contributed by atoms with Gasteiger partial charge >= 0.3 is 0 Å². The van der Waals surface area contributed by atoms with E-state index >= 15 is 0 Å². The van der Waals surface area contributed by atoms with Crippen LogP contribution < -0.4 is 0 Å². The molecule has 0 heterocycles. The normalized spacial score (nSPS) is 20.8. The summed E-state index contributed by atoms with van der Waals surface area (Å²) in [6.45, 7) is 0. The number of allylic oxidation sites excluding steroid dienone is 3. The lowest BCUT2D eigenvalue weighted by molar-refractivity contribution is 0.0973. The molecule has 1 aromatic rings. The molecule has 0 fully saturated rings. The van der Waals surface area contributed by atoms with E-state index < -0.39 is 48.4 Å². The first-order valence-corrected chi connectivity index (χ1v) is 9.53. The van der Waals surface area contributed by atoms with Crippen LogP contribution in [0.25, 0.3) is 0 Å². The predicted molar refractivity (Wildman–Crippen MR) is 81.0 cm³/mol. The van der Waals surface area contributed by atoms with Crippen molar-refractivity contribution in [2.45, 2.75) is 16.6 Å². The monoisotopic (exact) mass is 370 g/mol. The van der Waals surface area contributed by atoms with Crippen LogP contribution in [0.15, 0.2) is 46.4 Å². The summed E-state index contributed by atoms with van der Waals surface area (Å²) in [5.41, 5.74) is -0.392. The number of fused-ring (bicyclic) bond motifs is 1. The second kappa shape index (κ2) is 5.18. The van der Waals surface area contributed by atoms with Crippen molar-refractivity contribution in [3.63, 3.8) is 0 Å². The van der Waals surface area contributed by atoms with Crippen LogP contribution in [-0.2, 0) is 20.2 Å². The molecule has 126 valence electrons. The average molecular weight is 370 g/mol. The quantitative estimate of drug-likeness (QED) is 0.729. The van der Waals surface area contributed by atoms with Crippen molar-refractivity contribution in [2.75, 3.05) is 0 Å². The summed E-state index contributed by atoms with van der Waals surface area (Å²) < 4.78 is 63.1. The van der Waals surface area contributed by atoms with E-state index in [2.05, 4.69) is 0 Å². The lowest BCUT2D eigenvalue weighted by Crippen LogP contribution is -2.29. The van der Waals surface area contributed by atoms with Gasteiger partial charge in [0, 0.05) is 22.3 Å². The molecule has 0 aliphatic heterocycles. The lowest BCUT2D eigenvalue weighted by atomic mass is 9.80. The van der Waals surface area contributed by atoms with Crippen LogP contribution in [0.3, 0.4) is 0 Å². The Morgan fingerprint density at radius 2 is 1.62 bits per heavy atom. The van der Waals surface area contributed by atoms with E-state index in [1.165, 1.54) is 0 Å². The first-order valence-electron chi connectivity index (χ1n) is 6.59. The number of hydrogen-bond donors (Lipinski definition) is 2. The van der Waals surface area contributed by atoms with E-state index in [1.54, 1.807) is 0 Å². The molecule has 3 rings (SSSR count). The Kier molecular flexibility index (Phi) is 3.61. The minimum Gasteiger partial charge on any atom is -0.289 e. The maximum Gasteiger partial charge on any atom is 0.294 e. The maximum atomic E-state index is 12.6. The van der Waals surface area contributed by atoms with Gasteiger partial charge in [-0.1, -0.05) is 12.2 Å². The fourth-order valence-electron chi connectivity index (χ4n) is 2.69. The molecule has 8 nitrogen and oxygen atoms in total. The van der Waals surface area contributed by atoms with Gasteiger partial charge in [0.2, 0.25) is 0 Å². The SMILES string of the molecule is O=C1C2=C(CC(S(=O)(=O)O)C=C2)C(=O)c2cc(S(=O)(=O)O)ccc21. The molecule has 0 amide bonds. The summed E-state index contributed by atoms with van der Waals surface area (Å²) in [5.74, 6) is -1.28. The van der Waals surface area contributed by atoms with Crippen molar-refractivity contribution >= 4 is 31.8 Å². The minimum absolute atomic E-state index is 0.00649. The zero-order chi connectivity index (χ0) is 17.9. The van der Waals surface area contributed by atoms with E-state index in [1.807, 2.05) is 0 Å². The lowest BCUT2D eigenvalue weighted by Gasteiger charge is -2.24. The third-order valence-corrected chi connectivity index (χ3v) is 5.83. The van der Waals surface area contributed by atoms with Crippen LogP contribution in [0, 0.1) is 0 Å². The number of rotatable bonds is 2. The first-order chi connectivity index (χ1) is 11.0. The zero-order valence-electron chi connectivity index (χ0n) is 11.8. The number of Topliss-reactive ketones (excluding diaryl/α,β-unsaturated/α-hetero) is 2. The van der Waals surface area contributed by atoms with Crippen molar-refractivity contribution < 1.29 is 35.5 Å². The molecule has 2 aliphatic rings. The van der Waals surface area contributed by atoms with E-state index in [0.29, 0.717) is 0 Å². The molecule has 10 heteroatoms. The van der Waals surface area contributed by atoms with Crippen LogP contribution in [0.2, 0.25) is 0 Å². The third-order valence-electron chi connectivity index (χ3n) is 3.89. The molecule has 24 heavy (non-hydrogen) atoms. The second-order valence-electron chi connectivity index (χ2n) is 5.35. The highest BCUT2D eigenvalue weighted by atomic mass is 32.2. The molecule has 1 unspecified atom stereocenters. The van der Waals surface area contributed by atoms with Gasteiger partial charge in [0.1, 0.15) is 5.25 Å². The number of carbonyl (C=O) groups excluding carboxylic acids is 2. The minimum atomic E-state index is -4.57. The summed E-state index contributed by atoms with van der Waals surface area (Å²) in [6.07, 6.45) is 1.89. The van der Waals surface area contributed by atoms with Crippen molar-refractivity contribution in [1.29, 1.82) is 0 Å². The standard InChI is InChI=1S/C14H10O8S2/c15-13-9-3-1-7(23(17,18)19)5-11(9)14(16)12-6-8(24(20,21)22)2-4-10(12)13/h1-5,8H,6H2,(H,17,18,19)(H,20,21,22). The Labute approximate surface area is 137 Å². The molecule has 0 radical (unpaired) electrons. The molecular weight excluding hydrogens is 360 g/mol. The third kappa shape index (κ3) is 2.63. The molecule has 0 bridgehead atoms. The summed E-state index contributed by atoms with van der Waals surface area (Å²) in [6, 6.07) is 2.99. The molecule has 0 aromatic heterocycles. The van der Waals surface area contributed by atoms with Crippen LogP contribution in [0.1, 0.15) is 27.1 Å². The Hall–Kier alpha value is -2.14. The van der Waals surface area contributed by atoms with Gasteiger partial charge in [0.25, 0.3) is 20.2 Å². The van der Waals surface area contributed by atoms with Gasteiger partial charge in [-0.05, 0) is 24.6 Å². The Balaban J connectivity index is 2.15. The Bertz CT molecular complexity index is 1060. The topological polar surface area (TPSA) is 143 Å². The molecule has 0 spiro atoms. The first kappa shape index (κ1) is 16.7. The number of benzene rings is 1. The van der Waals surface area contributed by atoms with Gasteiger partial charge in [0.15, 0.2) is 11.6 Å². The van der Waals surface area contributed by atoms with E-state index in [0.717, 1.165) is 30.4 Å². The van der Waals surface area contributed by atoms with Gasteiger partial charge in [0.05, 0.1) is 4.90 Å². The molecule has 1 aromatic carbocycles. The Morgan fingerprint density at radius 3 is 2.21 bits per heavy atom. The van der Waals surface area contributed by atoms with E-state index in [-0.39, 0.29) is 22.3 Å². The van der Waals surface area contributed by atoms with Gasteiger partial charge in [-0.25, -0.2) is 0 Å². The number of carbonyl (C=O) groups is 2. The molecule has 2 aliphatic carbocycles. The van der Waals surface area contributed by atoms with Crippen molar-refractivity contribution in [1.82, 2.24) is 0 Å². The van der Waals surface area contributed by atoms with Crippen molar-refractivity contribution in [3.8, 4) is 0 Å². The van der Waals surface area contributed by atoms with Gasteiger partial charge in [-0.15, -0.1) is 0 Å².